The summed E-state index contributed by atoms with van der Waals surface area (Å²) < 4.78 is 5.46. The van der Waals surface area contributed by atoms with E-state index in [2.05, 4.69) is 52.6 Å². The molecule has 2 aliphatic rings. The first-order valence-electron chi connectivity index (χ1n) is 8.32. The molecule has 0 amide bonds. The van der Waals surface area contributed by atoms with Gasteiger partial charge in [0.2, 0.25) is 0 Å². The number of guanidine groups is 1. The molecule has 1 N–H and O–H groups in total. The Kier molecular flexibility index (Phi) is 7.14. The van der Waals surface area contributed by atoms with Gasteiger partial charge < -0.3 is 15.0 Å². The molecule has 1 saturated carbocycles. The van der Waals surface area contributed by atoms with E-state index in [0.29, 0.717) is 5.92 Å². The minimum atomic E-state index is 0. The second-order valence-corrected chi connectivity index (χ2v) is 6.55. The lowest BCUT2D eigenvalue weighted by molar-refractivity contribution is 0.181. The maximum atomic E-state index is 5.46. The molecule has 3 atom stereocenters. The molecule has 1 aliphatic carbocycles. The summed E-state index contributed by atoms with van der Waals surface area (Å²) in [5.41, 5.74) is 1.47. The van der Waals surface area contributed by atoms with Crippen LogP contribution in [0.4, 0.5) is 0 Å². The van der Waals surface area contributed by atoms with Crippen molar-refractivity contribution < 1.29 is 4.74 Å². The molecule has 23 heavy (non-hydrogen) atoms. The Morgan fingerprint density at radius 1 is 1.35 bits per heavy atom. The van der Waals surface area contributed by atoms with Gasteiger partial charge in [0.15, 0.2) is 5.96 Å². The summed E-state index contributed by atoms with van der Waals surface area (Å²) in [6.45, 7) is 3.83. The molecular formula is C18H28IN3O. The van der Waals surface area contributed by atoms with Gasteiger partial charge in [0.25, 0.3) is 0 Å². The van der Waals surface area contributed by atoms with Crippen LogP contribution >= 0.6 is 24.0 Å². The van der Waals surface area contributed by atoms with Gasteiger partial charge in [0, 0.05) is 39.7 Å². The van der Waals surface area contributed by atoms with Gasteiger partial charge in [0.05, 0.1) is 6.61 Å². The number of halogens is 1. The van der Waals surface area contributed by atoms with Crippen LogP contribution < -0.4 is 5.32 Å². The van der Waals surface area contributed by atoms with Crippen LogP contribution in [0.3, 0.4) is 0 Å². The maximum absolute atomic E-state index is 5.46. The molecule has 1 saturated heterocycles. The average Bonchev–Trinajstić information content (AvgIpc) is 3.15. The molecule has 5 heteroatoms. The molecule has 3 rings (SSSR count). The normalized spacial score (nSPS) is 26.5. The van der Waals surface area contributed by atoms with Gasteiger partial charge >= 0.3 is 0 Å². The maximum Gasteiger partial charge on any atom is 0.193 e. The van der Waals surface area contributed by atoms with E-state index in [0.717, 1.165) is 44.1 Å². The zero-order valence-corrected chi connectivity index (χ0v) is 16.4. The van der Waals surface area contributed by atoms with Crippen molar-refractivity contribution in [1.29, 1.82) is 0 Å². The summed E-state index contributed by atoms with van der Waals surface area (Å²) in [4.78, 5) is 6.65. The third-order valence-electron chi connectivity index (χ3n) is 4.80. The highest BCUT2D eigenvalue weighted by Gasteiger charge is 2.38. The number of nitrogens with zero attached hydrogens (tertiary/aromatic N) is 2. The Labute approximate surface area is 156 Å². The monoisotopic (exact) mass is 429 g/mol. The lowest BCUT2D eigenvalue weighted by atomic mass is 10.1. The average molecular weight is 429 g/mol. The zero-order chi connectivity index (χ0) is 15.4. The molecule has 3 unspecified atom stereocenters. The van der Waals surface area contributed by atoms with Gasteiger partial charge in [-0.1, -0.05) is 30.3 Å². The van der Waals surface area contributed by atoms with Crippen LogP contribution in [-0.4, -0.2) is 51.3 Å². The van der Waals surface area contributed by atoms with Crippen LogP contribution in [0, 0.1) is 11.8 Å². The van der Waals surface area contributed by atoms with Gasteiger partial charge in [-0.3, -0.25) is 4.99 Å². The van der Waals surface area contributed by atoms with E-state index in [4.69, 9.17) is 4.74 Å². The summed E-state index contributed by atoms with van der Waals surface area (Å²) in [5, 5.41) is 3.54. The van der Waals surface area contributed by atoms with Crippen molar-refractivity contribution in [3.8, 4) is 0 Å². The molecule has 1 heterocycles. The number of hydrogen-bond acceptors (Lipinski definition) is 2. The molecule has 1 aromatic carbocycles. The fraction of sp³-hybridized carbons (Fsp3) is 0.611. The highest BCUT2D eigenvalue weighted by atomic mass is 127. The minimum absolute atomic E-state index is 0. The number of benzene rings is 1. The van der Waals surface area contributed by atoms with Crippen molar-refractivity contribution in [2.24, 2.45) is 16.8 Å². The van der Waals surface area contributed by atoms with E-state index in [9.17, 15) is 0 Å². The Bertz CT molecular complexity index is 502. The lowest BCUT2D eigenvalue weighted by Crippen LogP contribution is -2.42. The van der Waals surface area contributed by atoms with Crippen LogP contribution in [0.5, 0.6) is 0 Å². The predicted molar refractivity (Wildman–Crippen MR) is 106 cm³/mol. The first-order chi connectivity index (χ1) is 10.8. The number of nitrogens with one attached hydrogen (secondary N) is 1. The van der Waals surface area contributed by atoms with Gasteiger partial charge in [0.1, 0.15) is 0 Å². The van der Waals surface area contributed by atoms with E-state index in [1.165, 1.54) is 18.4 Å². The molecule has 0 radical (unpaired) electrons. The smallest absolute Gasteiger partial charge is 0.193 e. The minimum Gasteiger partial charge on any atom is -0.381 e. The van der Waals surface area contributed by atoms with Gasteiger partial charge in [-0.15, -0.1) is 24.0 Å². The Balaban J connectivity index is 0.00000192. The second-order valence-electron chi connectivity index (χ2n) is 6.55. The van der Waals surface area contributed by atoms with E-state index in [1.807, 2.05) is 7.05 Å². The third-order valence-corrected chi connectivity index (χ3v) is 4.80. The highest BCUT2D eigenvalue weighted by Crippen LogP contribution is 2.46. The van der Waals surface area contributed by atoms with Crippen molar-refractivity contribution in [1.82, 2.24) is 10.2 Å². The topological polar surface area (TPSA) is 36.9 Å². The quantitative estimate of drug-likeness (QED) is 0.444. The van der Waals surface area contributed by atoms with E-state index < -0.39 is 0 Å². The van der Waals surface area contributed by atoms with E-state index in [1.54, 1.807) is 0 Å². The Morgan fingerprint density at radius 2 is 2.13 bits per heavy atom. The largest absolute Gasteiger partial charge is 0.381 e. The summed E-state index contributed by atoms with van der Waals surface area (Å²) in [7, 11) is 3.99. The highest BCUT2D eigenvalue weighted by molar-refractivity contribution is 14.0. The number of ether oxygens (including phenoxy) is 1. The predicted octanol–water partition coefficient (Wildman–Crippen LogP) is 2.95. The van der Waals surface area contributed by atoms with Crippen molar-refractivity contribution in [2.75, 3.05) is 40.4 Å². The van der Waals surface area contributed by atoms with Crippen LogP contribution in [0.15, 0.2) is 35.3 Å². The molecule has 128 valence electrons. The fourth-order valence-electron chi connectivity index (χ4n) is 3.39. The van der Waals surface area contributed by atoms with Crippen molar-refractivity contribution >= 4 is 29.9 Å². The van der Waals surface area contributed by atoms with E-state index in [-0.39, 0.29) is 24.0 Å². The summed E-state index contributed by atoms with van der Waals surface area (Å²) in [6, 6.07) is 10.8. The Hall–Kier alpha value is -0.820. The molecule has 1 aliphatic heterocycles. The summed E-state index contributed by atoms with van der Waals surface area (Å²) >= 11 is 0. The molecule has 0 spiro atoms. The molecule has 0 aromatic heterocycles. The van der Waals surface area contributed by atoms with Crippen LogP contribution in [0.1, 0.15) is 24.3 Å². The van der Waals surface area contributed by atoms with Crippen LogP contribution in [0.2, 0.25) is 0 Å². The summed E-state index contributed by atoms with van der Waals surface area (Å²) in [6.07, 6.45) is 2.45. The number of aliphatic imine (C=N–C) groups is 1. The number of hydrogen-bond donors (Lipinski definition) is 1. The van der Waals surface area contributed by atoms with E-state index >= 15 is 0 Å². The summed E-state index contributed by atoms with van der Waals surface area (Å²) in [5.74, 6) is 3.11. The molecule has 1 aromatic rings. The second kappa shape index (κ2) is 8.87. The first-order valence-corrected chi connectivity index (χ1v) is 8.32. The number of rotatable bonds is 5. The van der Waals surface area contributed by atoms with Gasteiger partial charge in [-0.05, 0) is 30.2 Å². The van der Waals surface area contributed by atoms with Crippen molar-refractivity contribution in [3.63, 3.8) is 0 Å². The molecule has 0 bridgehead atoms. The van der Waals surface area contributed by atoms with Crippen molar-refractivity contribution in [3.05, 3.63) is 35.9 Å². The molecular weight excluding hydrogens is 401 g/mol. The SMILES string of the molecule is CN=C(NCC1CC1c1ccccc1)N(C)CC1CCOC1.I. The first kappa shape index (κ1) is 18.5. The Morgan fingerprint density at radius 3 is 2.78 bits per heavy atom. The zero-order valence-electron chi connectivity index (χ0n) is 14.1. The van der Waals surface area contributed by atoms with Crippen molar-refractivity contribution in [2.45, 2.75) is 18.8 Å². The van der Waals surface area contributed by atoms with Gasteiger partial charge in [-0.2, -0.15) is 0 Å². The third kappa shape index (κ3) is 5.08. The van der Waals surface area contributed by atoms with Gasteiger partial charge in [-0.25, -0.2) is 0 Å². The van der Waals surface area contributed by atoms with Crippen LogP contribution in [-0.2, 0) is 4.74 Å². The fourth-order valence-corrected chi connectivity index (χ4v) is 3.39. The van der Waals surface area contributed by atoms with Crippen LogP contribution in [0.25, 0.3) is 0 Å². The molecule has 4 nitrogen and oxygen atoms in total. The lowest BCUT2D eigenvalue weighted by Gasteiger charge is -2.24. The standard InChI is InChI=1S/C18H27N3O.HI/c1-19-18(21(2)12-14-8-9-22-13-14)20-11-16-10-17(16)15-6-4-3-5-7-15;/h3-7,14,16-17H,8-13H2,1-2H3,(H,19,20);1H. The molecule has 2 fully saturated rings.